The van der Waals surface area contributed by atoms with E-state index in [0.717, 1.165) is 18.4 Å². The quantitative estimate of drug-likeness (QED) is 0.821. The molecule has 6 nitrogen and oxygen atoms in total. The summed E-state index contributed by atoms with van der Waals surface area (Å²) in [6.07, 6.45) is 1.09. The van der Waals surface area contributed by atoms with Crippen LogP contribution >= 0.6 is 0 Å². The predicted octanol–water partition coefficient (Wildman–Crippen LogP) is 2.28. The second kappa shape index (κ2) is 7.11. The molecule has 0 aromatic heterocycles. The molecule has 0 bridgehead atoms. The first-order valence-corrected chi connectivity index (χ1v) is 10.6. The molecule has 0 amide bonds. The van der Waals surface area contributed by atoms with Crippen molar-refractivity contribution in [3.8, 4) is 5.75 Å². The second-order valence-electron chi connectivity index (χ2n) is 5.48. The summed E-state index contributed by atoms with van der Waals surface area (Å²) in [6, 6.07) is 8.39. The lowest BCUT2D eigenvalue weighted by Crippen LogP contribution is -2.27. The molecule has 2 aromatic rings. The van der Waals surface area contributed by atoms with Crippen LogP contribution in [0.2, 0.25) is 0 Å². The predicted molar refractivity (Wildman–Crippen MR) is 91.2 cm³/mol. The van der Waals surface area contributed by atoms with Crippen LogP contribution in [-0.4, -0.2) is 30.2 Å². The summed E-state index contributed by atoms with van der Waals surface area (Å²) in [5.74, 6) is -0.681. The van der Waals surface area contributed by atoms with Gasteiger partial charge in [-0.3, -0.25) is 0 Å². The fraction of sp³-hybridized carbons (Fsp3) is 0.250. The molecule has 0 aliphatic rings. The van der Waals surface area contributed by atoms with E-state index in [9.17, 15) is 21.2 Å². The average Bonchev–Trinajstić information content (AvgIpc) is 2.53. The largest absolute Gasteiger partial charge is 0.495 e. The molecule has 2 aromatic carbocycles. The van der Waals surface area contributed by atoms with Crippen LogP contribution in [0.4, 0.5) is 4.39 Å². The molecular formula is C16H18FNO5S2. The van der Waals surface area contributed by atoms with Crippen LogP contribution in [0, 0.1) is 5.82 Å². The fourth-order valence-corrected chi connectivity index (χ4v) is 4.27. The normalized spacial score (nSPS) is 13.4. The van der Waals surface area contributed by atoms with Gasteiger partial charge in [-0.25, -0.2) is 25.9 Å². The van der Waals surface area contributed by atoms with E-state index < -0.39 is 31.7 Å². The lowest BCUT2D eigenvalue weighted by Gasteiger charge is -2.16. The minimum Gasteiger partial charge on any atom is -0.495 e. The van der Waals surface area contributed by atoms with Crippen LogP contribution in [0.25, 0.3) is 0 Å². The minimum absolute atomic E-state index is 0.0218. The molecule has 1 N–H and O–H groups in total. The van der Waals surface area contributed by atoms with Gasteiger partial charge in [0.2, 0.25) is 10.0 Å². The summed E-state index contributed by atoms with van der Waals surface area (Å²) in [7, 11) is -6.09. The van der Waals surface area contributed by atoms with Crippen molar-refractivity contribution in [2.45, 2.75) is 22.8 Å². The lowest BCUT2D eigenvalue weighted by atomic mass is 10.1. The third kappa shape index (κ3) is 4.56. The van der Waals surface area contributed by atoms with E-state index in [-0.39, 0.29) is 15.5 Å². The molecule has 0 aliphatic heterocycles. The van der Waals surface area contributed by atoms with Gasteiger partial charge in [-0.05, 0) is 42.8 Å². The Balaban J connectivity index is 2.30. The topological polar surface area (TPSA) is 89.5 Å². The van der Waals surface area contributed by atoms with Crippen LogP contribution in [0.15, 0.2) is 52.3 Å². The van der Waals surface area contributed by atoms with E-state index in [2.05, 4.69) is 4.72 Å². The summed E-state index contributed by atoms with van der Waals surface area (Å²) in [5, 5.41) is 0. The van der Waals surface area contributed by atoms with E-state index >= 15 is 0 Å². The Morgan fingerprint density at radius 3 is 2.16 bits per heavy atom. The highest BCUT2D eigenvalue weighted by Crippen LogP contribution is 2.26. The van der Waals surface area contributed by atoms with Gasteiger partial charge in [0.1, 0.15) is 16.5 Å². The van der Waals surface area contributed by atoms with Crippen molar-refractivity contribution in [2.75, 3.05) is 13.4 Å². The molecule has 0 spiro atoms. The van der Waals surface area contributed by atoms with E-state index in [0.29, 0.717) is 5.56 Å². The lowest BCUT2D eigenvalue weighted by molar-refractivity contribution is 0.400. The van der Waals surface area contributed by atoms with E-state index in [1.165, 1.54) is 37.4 Å². The maximum Gasteiger partial charge on any atom is 0.244 e. The maximum atomic E-state index is 13.4. The van der Waals surface area contributed by atoms with E-state index in [1.54, 1.807) is 6.92 Å². The first-order valence-electron chi connectivity index (χ1n) is 7.20. The van der Waals surface area contributed by atoms with Crippen LogP contribution < -0.4 is 9.46 Å². The molecule has 1 atom stereocenters. The van der Waals surface area contributed by atoms with Gasteiger partial charge < -0.3 is 4.74 Å². The fourth-order valence-electron chi connectivity index (χ4n) is 2.23. The molecular weight excluding hydrogens is 369 g/mol. The summed E-state index contributed by atoms with van der Waals surface area (Å²) >= 11 is 0. The molecule has 0 fully saturated rings. The van der Waals surface area contributed by atoms with Crippen LogP contribution in [0.1, 0.15) is 18.5 Å². The Bertz CT molecular complexity index is 970. The first-order chi connectivity index (χ1) is 11.5. The number of hydrogen-bond acceptors (Lipinski definition) is 5. The Morgan fingerprint density at radius 2 is 1.64 bits per heavy atom. The van der Waals surface area contributed by atoms with Gasteiger partial charge in [0.15, 0.2) is 9.84 Å². The molecule has 25 heavy (non-hydrogen) atoms. The molecule has 0 saturated carbocycles. The molecule has 0 unspecified atom stereocenters. The zero-order valence-electron chi connectivity index (χ0n) is 13.9. The highest BCUT2D eigenvalue weighted by molar-refractivity contribution is 7.90. The third-order valence-corrected chi connectivity index (χ3v) is 6.25. The summed E-state index contributed by atoms with van der Waals surface area (Å²) < 4.78 is 68.8. The van der Waals surface area contributed by atoms with Gasteiger partial charge in [0.25, 0.3) is 0 Å². The Hall–Kier alpha value is -1.97. The standard InChI is InChI=1S/C16H18FNO5S2/c1-11(12-4-7-14(8-5-12)24(3,19)20)18-25(21,22)16-10-13(17)6-9-15(16)23-2/h4-11,18H,1-3H3/t11-/m0/s1. The third-order valence-electron chi connectivity index (χ3n) is 3.56. The molecule has 0 aliphatic carbocycles. The van der Waals surface area contributed by atoms with Crippen LogP contribution in [0.5, 0.6) is 5.75 Å². The number of nitrogens with one attached hydrogen (secondary N) is 1. The summed E-state index contributed by atoms with van der Waals surface area (Å²) in [6.45, 7) is 1.60. The number of benzene rings is 2. The van der Waals surface area contributed by atoms with Crippen molar-refractivity contribution >= 4 is 19.9 Å². The van der Waals surface area contributed by atoms with Gasteiger partial charge >= 0.3 is 0 Å². The molecule has 0 radical (unpaired) electrons. The van der Waals surface area contributed by atoms with Gasteiger partial charge in [-0.1, -0.05) is 12.1 Å². The minimum atomic E-state index is -4.04. The van der Waals surface area contributed by atoms with Crippen molar-refractivity contribution in [3.63, 3.8) is 0 Å². The number of rotatable bonds is 6. The molecule has 136 valence electrons. The van der Waals surface area contributed by atoms with Crippen molar-refractivity contribution < 1.29 is 26.0 Å². The van der Waals surface area contributed by atoms with Crippen LogP contribution in [-0.2, 0) is 19.9 Å². The molecule has 0 saturated heterocycles. The number of methoxy groups -OCH3 is 1. The van der Waals surface area contributed by atoms with Crippen molar-refractivity contribution in [1.29, 1.82) is 0 Å². The van der Waals surface area contributed by atoms with E-state index in [1.807, 2.05) is 0 Å². The zero-order chi connectivity index (χ0) is 18.8. The molecule has 9 heteroatoms. The van der Waals surface area contributed by atoms with Gasteiger partial charge in [0, 0.05) is 12.3 Å². The van der Waals surface area contributed by atoms with Crippen molar-refractivity contribution in [1.82, 2.24) is 4.72 Å². The zero-order valence-corrected chi connectivity index (χ0v) is 15.5. The Labute approximate surface area is 146 Å². The first kappa shape index (κ1) is 19.4. The number of ether oxygens (including phenoxy) is 1. The highest BCUT2D eigenvalue weighted by Gasteiger charge is 2.23. The Kier molecular flexibility index (Phi) is 5.50. The number of sulfone groups is 1. The van der Waals surface area contributed by atoms with Gasteiger partial charge in [0.05, 0.1) is 12.0 Å². The number of sulfonamides is 1. The maximum absolute atomic E-state index is 13.4. The molecule has 2 rings (SSSR count). The highest BCUT2D eigenvalue weighted by atomic mass is 32.2. The summed E-state index contributed by atoms with van der Waals surface area (Å²) in [4.78, 5) is -0.173. The van der Waals surface area contributed by atoms with E-state index in [4.69, 9.17) is 4.74 Å². The van der Waals surface area contributed by atoms with Crippen molar-refractivity contribution in [2.24, 2.45) is 0 Å². The van der Waals surface area contributed by atoms with Gasteiger partial charge in [-0.15, -0.1) is 0 Å². The molecule has 0 heterocycles. The number of hydrogen-bond donors (Lipinski definition) is 1. The van der Waals surface area contributed by atoms with Gasteiger partial charge in [-0.2, -0.15) is 0 Å². The average molecular weight is 387 g/mol. The summed E-state index contributed by atoms with van der Waals surface area (Å²) in [5.41, 5.74) is 0.561. The Morgan fingerprint density at radius 1 is 1.04 bits per heavy atom. The van der Waals surface area contributed by atoms with Crippen LogP contribution in [0.3, 0.4) is 0 Å². The SMILES string of the molecule is COc1ccc(F)cc1S(=O)(=O)N[C@@H](C)c1ccc(S(C)(=O)=O)cc1. The monoisotopic (exact) mass is 387 g/mol. The van der Waals surface area contributed by atoms with Crippen molar-refractivity contribution in [3.05, 3.63) is 53.8 Å². The second-order valence-corrected chi connectivity index (χ2v) is 9.18. The number of halogens is 1. The smallest absolute Gasteiger partial charge is 0.244 e.